The summed E-state index contributed by atoms with van der Waals surface area (Å²) in [4.78, 5) is 0. The van der Waals surface area contributed by atoms with Crippen molar-refractivity contribution in [1.82, 2.24) is 0 Å². The summed E-state index contributed by atoms with van der Waals surface area (Å²) < 4.78 is 5.72. The lowest BCUT2D eigenvalue weighted by atomic mass is 10.3. The lowest BCUT2D eigenvalue weighted by molar-refractivity contribution is -0.603. The third-order valence-electron chi connectivity index (χ3n) is 1.54. The highest BCUT2D eigenvalue weighted by Crippen LogP contribution is 2.15. The zero-order valence-corrected chi connectivity index (χ0v) is 6.02. The van der Waals surface area contributed by atoms with Gasteiger partial charge >= 0.3 is 0 Å². The Morgan fingerprint density at radius 3 is 3.17 bits per heavy atom. The maximum Gasteiger partial charge on any atom is 0.205 e. The van der Waals surface area contributed by atoms with Crippen LogP contribution in [0, 0.1) is 16.5 Å². The zero-order valence-electron chi connectivity index (χ0n) is 6.02. The molecule has 12 heavy (non-hydrogen) atoms. The van der Waals surface area contributed by atoms with Gasteiger partial charge in [0.15, 0.2) is 12.4 Å². The Morgan fingerprint density at radius 1 is 1.58 bits per heavy atom. The van der Waals surface area contributed by atoms with E-state index in [9.17, 15) is 5.21 Å². The van der Waals surface area contributed by atoms with Crippen molar-refractivity contribution in [3.8, 4) is 6.07 Å². The molecule has 0 aliphatic heterocycles. The van der Waals surface area contributed by atoms with Crippen LogP contribution in [0.4, 0.5) is 0 Å². The Morgan fingerprint density at radius 2 is 2.42 bits per heavy atom. The van der Waals surface area contributed by atoms with E-state index < -0.39 is 0 Å². The van der Waals surface area contributed by atoms with Gasteiger partial charge in [-0.05, 0) is 0 Å². The molecule has 0 unspecified atom stereocenters. The summed E-state index contributed by atoms with van der Waals surface area (Å²) in [6.07, 6.45) is 2.69. The Kier molecular flexibility index (Phi) is 1.25. The summed E-state index contributed by atoms with van der Waals surface area (Å²) in [6.45, 7) is 0. The van der Waals surface area contributed by atoms with E-state index in [1.807, 2.05) is 6.07 Å². The zero-order chi connectivity index (χ0) is 8.55. The highest BCUT2D eigenvalue weighted by atomic mass is 16.5. The van der Waals surface area contributed by atoms with E-state index in [-0.39, 0.29) is 5.76 Å². The number of rotatable bonds is 0. The van der Waals surface area contributed by atoms with Crippen molar-refractivity contribution < 1.29 is 9.15 Å². The van der Waals surface area contributed by atoms with Crippen LogP contribution >= 0.6 is 0 Å². The van der Waals surface area contributed by atoms with E-state index in [0.717, 1.165) is 0 Å². The van der Waals surface area contributed by atoms with Gasteiger partial charge in [-0.25, -0.2) is 0 Å². The molecule has 0 atom stereocenters. The minimum absolute atomic E-state index is 0.219. The van der Waals surface area contributed by atoms with Gasteiger partial charge in [0.2, 0.25) is 5.76 Å². The molecule has 2 aromatic heterocycles. The number of nitrogens with zero attached hydrogens (tertiary/aromatic N) is 2. The highest BCUT2D eigenvalue weighted by Gasteiger charge is 2.04. The SMILES string of the molecule is N#Cc1cc2c[n+]([O-])ccc2o1. The van der Waals surface area contributed by atoms with Crippen LogP contribution in [0.3, 0.4) is 0 Å². The van der Waals surface area contributed by atoms with E-state index >= 15 is 0 Å². The van der Waals surface area contributed by atoms with Crippen LogP contribution in [0.1, 0.15) is 5.76 Å². The van der Waals surface area contributed by atoms with Crippen molar-refractivity contribution in [2.75, 3.05) is 0 Å². The second kappa shape index (κ2) is 2.24. The summed E-state index contributed by atoms with van der Waals surface area (Å²) >= 11 is 0. The molecule has 0 saturated heterocycles. The second-order valence-electron chi connectivity index (χ2n) is 2.35. The molecule has 0 aliphatic carbocycles. The number of aromatic nitrogens is 1. The van der Waals surface area contributed by atoms with Crippen LogP contribution in [0.15, 0.2) is 28.9 Å². The van der Waals surface area contributed by atoms with Gasteiger partial charge in [0.25, 0.3) is 0 Å². The Labute approximate surface area is 67.8 Å². The van der Waals surface area contributed by atoms with Crippen molar-refractivity contribution in [2.24, 2.45) is 0 Å². The first-order valence-electron chi connectivity index (χ1n) is 3.32. The minimum atomic E-state index is 0.219. The van der Waals surface area contributed by atoms with Crippen LogP contribution in [-0.2, 0) is 0 Å². The molecule has 0 spiro atoms. The average Bonchev–Trinajstić information content (AvgIpc) is 2.46. The molecule has 0 aliphatic rings. The van der Waals surface area contributed by atoms with Crippen LogP contribution in [0.5, 0.6) is 0 Å². The normalized spacial score (nSPS) is 9.92. The molecular formula is C8H4N2O2. The molecule has 2 rings (SSSR count). The molecule has 0 aromatic carbocycles. The van der Waals surface area contributed by atoms with Gasteiger partial charge in [0.1, 0.15) is 11.7 Å². The van der Waals surface area contributed by atoms with Crippen LogP contribution < -0.4 is 4.73 Å². The summed E-state index contributed by atoms with van der Waals surface area (Å²) in [5, 5.41) is 19.9. The minimum Gasteiger partial charge on any atom is -0.619 e. The first-order chi connectivity index (χ1) is 5.79. The lowest BCUT2D eigenvalue weighted by Gasteiger charge is -1.91. The first kappa shape index (κ1) is 6.68. The number of hydrogen-bond donors (Lipinski definition) is 0. The van der Waals surface area contributed by atoms with Crippen molar-refractivity contribution in [1.29, 1.82) is 5.26 Å². The van der Waals surface area contributed by atoms with Gasteiger partial charge in [-0.2, -0.15) is 9.99 Å². The number of furan rings is 1. The largest absolute Gasteiger partial charge is 0.619 e. The van der Waals surface area contributed by atoms with Crippen LogP contribution in [0.25, 0.3) is 11.0 Å². The lowest BCUT2D eigenvalue weighted by Crippen LogP contribution is -2.23. The second-order valence-corrected chi connectivity index (χ2v) is 2.35. The molecule has 2 aromatic rings. The van der Waals surface area contributed by atoms with Gasteiger partial charge < -0.3 is 9.62 Å². The maximum atomic E-state index is 10.8. The summed E-state index contributed by atoms with van der Waals surface area (Å²) in [7, 11) is 0. The van der Waals surface area contributed by atoms with E-state index in [1.54, 1.807) is 0 Å². The highest BCUT2D eigenvalue weighted by molar-refractivity contribution is 5.76. The van der Waals surface area contributed by atoms with E-state index in [4.69, 9.17) is 9.68 Å². The quantitative estimate of drug-likeness (QED) is 0.425. The van der Waals surface area contributed by atoms with Crippen LogP contribution in [0.2, 0.25) is 0 Å². The molecule has 58 valence electrons. The monoisotopic (exact) mass is 160 g/mol. The van der Waals surface area contributed by atoms with Crippen molar-refractivity contribution in [3.63, 3.8) is 0 Å². The van der Waals surface area contributed by atoms with Gasteiger partial charge in [-0.15, -0.1) is 0 Å². The maximum absolute atomic E-state index is 10.8. The van der Waals surface area contributed by atoms with E-state index in [2.05, 4.69) is 0 Å². The van der Waals surface area contributed by atoms with Gasteiger partial charge in [-0.1, -0.05) is 0 Å². The summed E-state index contributed by atoms with van der Waals surface area (Å²) in [5.41, 5.74) is 0.554. The Bertz CT molecular complexity index is 467. The molecule has 4 nitrogen and oxygen atoms in total. The van der Waals surface area contributed by atoms with Gasteiger partial charge in [0.05, 0.1) is 5.39 Å². The van der Waals surface area contributed by atoms with Gasteiger partial charge in [0, 0.05) is 12.1 Å². The third kappa shape index (κ3) is 0.883. The van der Waals surface area contributed by atoms with Crippen molar-refractivity contribution in [2.45, 2.75) is 0 Å². The number of fused-ring (bicyclic) bond motifs is 1. The smallest absolute Gasteiger partial charge is 0.205 e. The fraction of sp³-hybridized carbons (Fsp3) is 0. The molecule has 4 heteroatoms. The number of pyridine rings is 1. The first-order valence-corrected chi connectivity index (χ1v) is 3.32. The van der Waals surface area contributed by atoms with Crippen LogP contribution in [-0.4, -0.2) is 0 Å². The number of nitriles is 1. The Balaban J connectivity index is 2.77. The molecule has 0 radical (unpaired) electrons. The summed E-state index contributed by atoms with van der Waals surface area (Å²) in [6, 6.07) is 4.92. The van der Waals surface area contributed by atoms with E-state index in [1.165, 1.54) is 24.5 Å². The predicted octanol–water partition coefficient (Wildman–Crippen LogP) is 0.938. The fourth-order valence-electron chi connectivity index (χ4n) is 1.03. The predicted molar refractivity (Wildman–Crippen MR) is 39.9 cm³/mol. The molecule has 0 amide bonds. The Hall–Kier alpha value is -2.02. The van der Waals surface area contributed by atoms with Gasteiger partial charge in [-0.3, -0.25) is 0 Å². The molecule has 0 fully saturated rings. The number of hydrogen-bond acceptors (Lipinski definition) is 3. The molecular weight excluding hydrogens is 156 g/mol. The third-order valence-corrected chi connectivity index (χ3v) is 1.54. The molecule has 0 N–H and O–H groups in total. The standard InChI is InChI=1S/C8H4N2O2/c9-4-7-3-6-5-10(11)2-1-8(6)12-7/h1-3,5H. The molecule has 0 bridgehead atoms. The average molecular weight is 160 g/mol. The summed E-state index contributed by atoms with van der Waals surface area (Å²) in [5.74, 6) is 0.219. The van der Waals surface area contributed by atoms with Crippen molar-refractivity contribution >= 4 is 11.0 Å². The van der Waals surface area contributed by atoms with E-state index in [0.29, 0.717) is 15.7 Å². The fourth-order valence-corrected chi connectivity index (χ4v) is 1.03. The molecule has 0 saturated carbocycles. The molecule has 2 heterocycles. The van der Waals surface area contributed by atoms with Crippen molar-refractivity contribution in [3.05, 3.63) is 35.5 Å². The topological polar surface area (TPSA) is 63.9 Å².